The van der Waals surface area contributed by atoms with Crippen molar-refractivity contribution in [3.63, 3.8) is 0 Å². The van der Waals surface area contributed by atoms with Gasteiger partial charge in [-0.05, 0) is 41.3 Å². The van der Waals surface area contributed by atoms with Crippen LogP contribution in [0.3, 0.4) is 0 Å². The summed E-state index contributed by atoms with van der Waals surface area (Å²) in [5.41, 5.74) is 1.43. The van der Waals surface area contributed by atoms with Gasteiger partial charge < -0.3 is 10.1 Å². The molecule has 0 unspecified atom stereocenters. The first kappa shape index (κ1) is 25.6. The Morgan fingerprint density at radius 1 is 1.00 bits per heavy atom. The number of hydrogen-bond acceptors (Lipinski definition) is 6. The lowest BCUT2D eigenvalue weighted by atomic mass is 9.87. The Morgan fingerprint density at radius 2 is 1.62 bits per heavy atom. The fourth-order valence-corrected chi connectivity index (χ4v) is 4.40. The van der Waals surface area contributed by atoms with Gasteiger partial charge in [0.15, 0.2) is 0 Å². The van der Waals surface area contributed by atoms with Crippen LogP contribution in [0.25, 0.3) is 0 Å². The van der Waals surface area contributed by atoms with E-state index in [9.17, 15) is 21.6 Å². The second kappa shape index (κ2) is 9.88. The van der Waals surface area contributed by atoms with Crippen LogP contribution in [0.15, 0.2) is 47.4 Å². The maximum atomic E-state index is 12.5. The molecule has 0 atom stereocenters. The summed E-state index contributed by atoms with van der Waals surface area (Å²) in [6.07, 6.45) is 0.890. The zero-order valence-electron chi connectivity index (χ0n) is 18.7. The summed E-state index contributed by atoms with van der Waals surface area (Å²) in [4.78, 5) is 12.3. The monoisotopic (exact) mass is 483 g/mol. The molecule has 1 amide bonds. The van der Waals surface area contributed by atoms with Gasteiger partial charge in [0, 0.05) is 18.7 Å². The molecule has 3 N–H and O–H groups in total. The van der Waals surface area contributed by atoms with E-state index in [0.717, 1.165) is 11.8 Å². The maximum absolute atomic E-state index is 12.5. The first-order valence-corrected chi connectivity index (χ1v) is 13.1. The van der Waals surface area contributed by atoms with E-state index >= 15 is 0 Å². The van der Waals surface area contributed by atoms with Gasteiger partial charge in [-0.3, -0.25) is 9.52 Å². The summed E-state index contributed by atoms with van der Waals surface area (Å²) in [6, 6.07) is 11.1. The van der Waals surface area contributed by atoms with Crippen molar-refractivity contribution in [3.05, 3.63) is 48.0 Å². The second-order valence-electron chi connectivity index (χ2n) is 8.26. The van der Waals surface area contributed by atoms with Gasteiger partial charge in [-0.25, -0.2) is 21.6 Å². The molecule has 0 aliphatic heterocycles. The summed E-state index contributed by atoms with van der Waals surface area (Å²) in [7, 11) is -5.90. The molecule has 11 heteroatoms. The lowest BCUT2D eigenvalue weighted by Crippen LogP contribution is -2.28. The zero-order valence-corrected chi connectivity index (χ0v) is 20.4. The highest BCUT2D eigenvalue weighted by atomic mass is 32.2. The van der Waals surface area contributed by atoms with Gasteiger partial charge in [0.2, 0.25) is 26.0 Å². The number of hydrogen-bond donors (Lipinski definition) is 3. The molecule has 0 spiro atoms. The minimum absolute atomic E-state index is 0.0913. The van der Waals surface area contributed by atoms with Crippen LogP contribution >= 0.6 is 0 Å². The Balaban J connectivity index is 1.97. The van der Waals surface area contributed by atoms with E-state index in [1.807, 2.05) is 20.8 Å². The fraction of sp³-hybridized carbons (Fsp3) is 0.381. The van der Waals surface area contributed by atoms with E-state index in [2.05, 4.69) is 14.8 Å². The van der Waals surface area contributed by atoms with Gasteiger partial charge in [-0.1, -0.05) is 32.9 Å². The first-order valence-electron chi connectivity index (χ1n) is 9.77. The molecular formula is C21H29N3O6S2. The number of ether oxygens (including phenoxy) is 1. The van der Waals surface area contributed by atoms with E-state index in [1.54, 1.807) is 18.2 Å². The van der Waals surface area contributed by atoms with Crippen LogP contribution in [0.4, 0.5) is 11.4 Å². The quantitative estimate of drug-likeness (QED) is 0.503. The molecule has 0 radical (unpaired) electrons. The molecule has 2 rings (SSSR count). The van der Waals surface area contributed by atoms with Crippen molar-refractivity contribution in [2.45, 2.75) is 37.5 Å². The van der Waals surface area contributed by atoms with Crippen molar-refractivity contribution in [2.75, 3.05) is 29.9 Å². The van der Waals surface area contributed by atoms with Gasteiger partial charge >= 0.3 is 0 Å². The Bertz CT molecular complexity index is 1170. The van der Waals surface area contributed by atoms with Crippen molar-refractivity contribution in [1.29, 1.82) is 0 Å². The summed E-state index contributed by atoms with van der Waals surface area (Å²) in [5, 5.41) is 2.61. The maximum Gasteiger partial charge on any atom is 0.240 e. The zero-order chi connectivity index (χ0) is 24.2. The molecule has 0 bridgehead atoms. The third kappa shape index (κ3) is 7.50. The predicted octanol–water partition coefficient (Wildman–Crippen LogP) is 2.67. The normalized spacial score (nSPS) is 12.3. The van der Waals surface area contributed by atoms with Gasteiger partial charge in [-0.15, -0.1) is 0 Å². The van der Waals surface area contributed by atoms with Gasteiger partial charge in [0.1, 0.15) is 5.75 Å². The standard InChI is InChI=1S/C21H29N3O6S2/c1-21(2,3)15-6-9-17(10-7-15)32(28,29)22-13-12-20(25)23-16-8-11-19(30-4)18(14-16)24-31(5,26)27/h6-11,14,22,24H,12-13H2,1-5H3,(H,23,25). The number of amides is 1. The summed E-state index contributed by atoms with van der Waals surface area (Å²) in [6.45, 7) is 6.02. The molecule has 9 nitrogen and oxygen atoms in total. The van der Waals surface area contributed by atoms with Crippen LogP contribution in [0, 0.1) is 0 Å². The number of benzene rings is 2. The summed E-state index contributed by atoms with van der Waals surface area (Å²) < 4.78 is 57.8. The molecule has 0 fully saturated rings. The van der Waals surface area contributed by atoms with E-state index < -0.39 is 26.0 Å². The number of anilines is 2. The highest BCUT2D eigenvalue weighted by molar-refractivity contribution is 7.92. The van der Waals surface area contributed by atoms with Gasteiger partial charge in [0.25, 0.3) is 0 Å². The molecule has 176 valence electrons. The van der Waals surface area contributed by atoms with E-state index in [0.29, 0.717) is 11.4 Å². The lowest BCUT2D eigenvalue weighted by molar-refractivity contribution is -0.116. The van der Waals surface area contributed by atoms with Crippen molar-refractivity contribution < 1.29 is 26.4 Å². The van der Waals surface area contributed by atoms with E-state index in [4.69, 9.17) is 4.74 Å². The molecular weight excluding hydrogens is 454 g/mol. The molecule has 0 aromatic heterocycles. The largest absolute Gasteiger partial charge is 0.495 e. The number of sulfonamides is 2. The van der Waals surface area contributed by atoms with Gasteiger partial charge in [-0.2, -0.15) is 0 Å². The highest BCUT2D eigenvalue weighted by Gasteiger charge is 2.18. The Labute approximate surface area is 189 Å². The molecule has 2 aromatic carbocycles. The van der Waals surface area contributed by atoms with E-state index in [-0.39, 0.29) is 29.0 Å². The smallest absolute Gasteiger partial charge is 0.240 e. The average Bonchev–Trinajstić information content (AvgIpc) is 2.66. The van der Waals surface area contributed by atoms with Gasteiger partial charge in [0.05, 0.1) is 23.9 Å². The third-order valence-corrected chi connectivity index (χ3v) is 6.52. The van der Waals surface area contributed by atoms with Crippen molar-refractivity contribution in [2.24, 2.45) is 0 Å². The van der Waals surface area contributed by atoms with Crippen LogP contribution in [0.2, 0.25) is 0 Å². The van der Waals surface area contributed by atoms with Crippen molar-refractivity contribution >= 4 is 37.3 Å². The lowest BCUT2D eigenvalue weighted by Gasteiger charge is -2.19. The molecule has 2 aromatic rings. The Hall–Kier alpha value is -2.63. The average molecular weight is 484 g/mol. The van der Waals surface area contributed by atoms with Crippen LogP contribution in [-0.2, 0) is 30.3 Å². The second-order valence-corrected chi connectivity index (χ2v) is 11.8. The summed E-state index contributed by atoms with van der Waals surface area (Å²) >= 11 is 0. The molecule has 0 aliphatic rings. The highest BCUT2D eigenvalue weighted by Crippen LogP contribution is 2.28. The molecule has 32 heavy (non-hydrogen) atoms. The fourth-order valence-electron chi connectivity index (χ4n) is 2.81. The minimum Gasteiger partial charge on any atom is -0.495 e. The number of carbonyl (C=O) groups is 1. The Kier molecular flexibility index (Phi) is 7.92. The topological polar surface area (TPSA) is 131 Å². The third-order valence-electron chi connectivity index (χ3n) is 4.45. The molecule has 0 saturated carbocycles. The predicted molar refractivity (Wildman–Crippen MR) is 125 cm³/mol. The van der Waals surface area contributed by atoms with Crippen LogP contribution in [-0.4, -0.2) is 42.7 Å². The number of carbonyl (C=O) groups excluding carboxylic acids is 1. The molecule has 0 heterocycles. The van der Waals surface area contributed by atoms with Crippen LogP contribution < -0.4 is 19.5 Å². The van der Waals surface area contributed by atoms with Crippen LogP contribution in [0.1, 0.15) is 32.8 Å². The minimum atomic E-state index is -3.75. The van der Waals surface area contributed by atoms with Crippen LogP contribution in [0.5, 0.6) is 5.75 Å². The SMILES string of the molecule is COc1ccc(NC(=O)CCNS(=O)(=O)c2ccc(C(C)(C)C)cc2)cc1NS(C)(=O)=O. The van der Waals surface area contributed by atoms with Crippen molar-refractivity contribution in [1.82, 2.24) is 4.72 Å². The molecule has 0 aliphatic carbocycles. The Morgan fingerprint density at radius 3 is 2.16 bits per heavy atom. The summed E-state index contributed by atoms with van der Waals surface area (Å²) in [5.74, 6) is -0.148. The number of rotatable bonds is 9. The first-order chi connectivity index (χ1) is 14.7. The molecule has 0 saturated heterocycles. The van der Waals surface area contributed by atoms with Crippen molar-refractivity contribution in [3.8, 4) is 5.75 Å². The van der Waals surface area contributed by atoms with E-state index in [1.165, 1.54) is 31.4 Å². The number of methoxy groups -OCH3 is 1. The number of nitrogens with one attached hydrogen (secondary N) is 3.